The van der Waals surface area contributed by atoms with E-state index in [0.717, 1.165) is 11.3 Å². The van der Waals surface area contributed by atoms with Crippen LogP contribution in [0.2, 0.25) is 5.02 Å². The zero-order valence-corrected chi connectivity index (χ0v) is 14.1. The maximum Gasteiger partial charge on any atom is 0.224 e. The highest BCUT2D eigenvalue weighted by Gasteiger charge is 2.10. The molecule has 2 N–H and O–H groups in total. The average Bonchev–Trinajstić information content (AvgIpc) is 3.15. The van der Waals surface area contributed by atoms with Crippen LogP contribution >= 0.6 is 11.6 Å². The molecule has 0 spiro atoms. The van der Waals surface area contributed by atoms with Crippen molar-refractivity contribution in [1.82, 2.24) is 10.2 Å². The van der Waals surface area contributed by atoms with Gasteiger partial charge in [-0.1, -0.05) is 23.7 Å². The van der Waals surface area contributed by atoms with Gasteiger partial charge in [0.05, 0.1) is 5.69 Å². The van der Waals surface area contributed by atoms with Crippen molar-refractivity contribution in [2.75, 3.05) is 5.32 Å². The molecule has 3 rings (SSSR count). The van der Waals surface area contributed by atoms with E-state index in [9.17, 15) is 9.59 Å². The summed E-state index contributed by atoms with van der Waals surface area (Å²) in [6.07, 6.45) is 1.96. The Morgan fingerprint density at radius 1 is 0.960 bits per heavy atom. The number of carbonyl (C=O) groups excluding carboxylic acids is 2. The Kier molecular flexibility index (Phi) is 5.26. The molecule has 0 radical (unpaired) electrons. The summed E-state index contributed by atoms with van der Waals surface area (Å²) < 4.78 is 0. The minimum absolute atomic E-state index is 0.0820. The molecule has 1 aromatic heterocycles. The number of H-pyrrole nitrogens is 1. The zero-order chi connectivity index (χ0) is 17.6. The third-order valence-electron chi connectivity index (χ3n) is 3.73. The second-order valence-electron chi connectivity index (χ2n) is 5.53. The van der Waals surface area contributed by atoms with Gasteiger partial charge in [0.25, 0.3) is 0 Å². The van der Waals surface area contributed by atoms with Gasteiger partial charge in [0.2, 0.25) is 5.91 Å². The fourth-order valence-corrected chi connectivity index (χ4v) is 2.51. The molecule has 6 heteroatoms. The largest absolute Gasteiger partial charge is 0.326 e. The van der Waals surface area contributed by atoms with E-state index in [2.05, 4.69) is 15.5 Å². The maximum atomic E-state index is 12.1. The predicted octanol–water partition coefficient (Wildman–Crippen LogP) is 4.33. The average molecular weight is 354 g/mol. The van der Waals surface area contributed by atoms with Crippen molar-refractivity contribution in [3.8, 4) is 11.3 Å². The van der Waals surface area contributed by atoms with E-state index < -0.39 is 0 Å². The first-order valence-corrected chi connectivity index (χ1v) is 8.18. The van der Waals surface area contributed by atoms with E-state index in [1.54, 1.807) is 30.5 Å². The Morgan fingerprint density at radius 3 is 2.32 bits per heavy atom. The Morgan fingerprint density at radius 2 is 1.68 bits per heavy atom. The third-order valence-corrected chi connectivity index (χ3v) is 3.98. The van der Waals surface area contributed by atoms with E-state index in [4.69, 9.17) is 11.6 Å². The number of hydrogen-bond acceptors (Lipinski definition) is 3. The number of benzene rings is 2. The normalized spacial score (nSPS) is 10.4. The standard InChI is InChI=1S/C19H16ClN3O2/c20-15-5-1-14(2-6-15)18(24)9-10-19(25)22-16-7-3-13(4-8-16)17-11-12-21-23-17/h1-8,11-12H,9-10H2,(H,21,23)(H,22,25). The molecular formula is C19H16ClN3O2. The summed E-state index contributed by atoms with van der Waals surface area (Å²) in [5.41, 5.74) is 3.13. The summed E-state index contributed by atoms with van der Waals surface area (Å²) in [4.78, 5) is 24.1. The van der Waals surface area contributed by atoms with Gasteiger partial charge in [-0.15, -0.1) is 0 Å². The van der Waals surface area contributed by atoms with Gasteiger partial charge in [-0.2, -0.15) is 5.10 Å². The van der Waals surface area contributed by atoms with Gasteiger partial charge < -0.3 is 5.32 Å². The number of carbonyl (C=O) groups is 2. The molecule has 0 saturated carbocycles. The second kappa shape index (κ2) is 7.77. The minimum atomic E-state index is -0.198. The second-order valence-corrected chi connectivity index (χ2v) is 5.96. The molecule has 1 heterocycles. The number of halogens is 1. The number of amides is 1. The zero-order valence-electron chi connectivity index (χ0n) is 13.3. The van der Waals surface area contributed by atoms with Crippen LogP contribution in [0.1, 0.15) is 23.2 Å². The van der Waals surface area contributed by atoms with Crippen LogP contribution in [0.25, 0.3) is 11.3 Å². The number of Topliss-reactive ketones (excluding diaryl/α,β-unsaturated/α-hetero) is 1. The monoisotopic (exact) mass is 353 g/mol. The van der Waals surface area contributed by atoms with Gasteiger partial charge >= 0.3 is 0 Å². The number of anilines is 1. The number of aromatic amines is 1. The lowest BCUT2D eigenvalue weighted by Gasteiger charge is -2.06. The lowest BCUT2D eigenvalue weighted by Crippen LogP contribution is -2.13. The van der Waals surface area contributed by atoms with Gasteiger partial charge in [0.15, 0.2) is 5.78 Å². The topological polar surface area (TPSA) is 74.8 Å². The molecule has 2 aromatic carbocycles. The van der Waals surface area contributed by atoms with E-state index >= 15 is 0 Å². The van der Waals surface area contributed by atoms with Crippen LogP contribution in [0.3, 0.4) is 0 Å². The number of aromatic nitrogens is 2. The lowest BCUT2D eigenvalue weighted by molar-refractivity contribution is -0.116. The first-order valence-electron chi connectivity index (χ1n) is 7.80. The van der Waals surface area contributed by atoms with Crippen molar-refractivity contribution in [3.05, 3.63) is 71.4 Å². The molecule has 0 atom stereocenters. The first kappa shape index (κ1) is 16.9. The van der Waals surface area contributed by atoms with Gasteiger partial charge in [-0.25, -0.2) is 0 Å². The van der Waals surface area contributed by atoms with Gasteiger partial charge in [-0.3, -0.25) is 14.7 Å². The van der Waals surface area contributed by atoms with Crippen molar-refractivity contribution in [2.45, 2.75) is 12.8 Å². The first-order chi connectivity index (χ1) is 12.1. The van der Waals surface area contributed by atoms with Gasteiger partial charge in [-0.05, 0) is 48.0 Å². The number of nitrogens with one attached hydrogen (secondary N) is 2. The summed E-state index contributed by atoms with van der Waals surface area (Å²) in [6.45, 7) is 0. The molecule has 1 amide bonds. The molecule has 0 fully saturated rings. The van der Waals surface area contributed by atoms with Crippen LogP contribution < -0.4 is 5.32 Å². The van der Waals surface area contributed by atoms with Crippen LogP contribution in [0.15, 0.2) is 60.8 Å². The molecule has 0 unspecified atom stereocenters. The van der Waals surface area contributed by atoms with Crippen molar-refractivity contribution in [1.29, 1.82) is 0 Å². The smallest absolute Gasteiger partial charge is 0.224 e. The Balaban J connectivity index is 1.52. The molecule has 126 valence electrons. The van der Waals surface area contributed by atoms with E-state index in [1.807, 2.05) is 30.3 Å². The van der Waals surface area contributed by atoms with Crippen molar-refractivity contribution < 1.29 is 9.59 Å². The molecule has 0 aliphatic carbocycles. The number of nitrogens with zero attached hydrogens (tertiary/aromatic N) is 1. The fourth-order valence-electron chi connectivity index (χ4n) is 2.38. The quantitative estimate of drug-likeness (QED) is 0.647. The summed E-state index contributed by atoms with van der Waals surface area (Å²) in [6, 6.07) is 15.9. The number of rotatable bonds is 6. The van der Waals surface area contributed by atoms with Gasteiger partial charge in [0, 0.05) is 35.3 Å². The van der Waals surface area contributed by atoms with Crippen molar-refractivity contribution >= 4 is 29.0 Å². The van der Waals surface area contributed by atoms with Crippen LogP contribution in [0, 0.1) is 0 Å². The highest BCUT2D eigenvalue weighted by molar-refractivity contribution is 6.30. The minimum Gasteiger partial charge on any atom is -0.326 e. The van der Waals surface area contributed by atoms with Crippen LogP contribution in [-0.4, -0.2) is 21.9 Å². The van der Waals surface area contributed by atoms with E-state index in [1.165, 1.54) is 0 Å². The number of hydrogen-bond donors (Lipinski definition) is 2. The van der Waals surface area contributed by atoms with Crippen LogP contribution in [0.5, 0.6) is 0 Å². The summed E-state index contributed by atoms with van der Waals surface area (Å²) in [7, 11) is 0. The van der Waals surface area contributed by atoms with E-state index in [0.29, 0.717) is 16.3 Å². The van der Waals surface area contributed by atoms with Crippen LogP contribution in [0.4, 0.5) is 5.69 Å². The summed E-state index contributed by atoms with van der Waals surface area (Å²) >= 11 is 5.80. The summed E-state index contributed by atoms with van der Waals surface area (Å²) in [5.74, 6) is -0.280. The Bertz CT molecular complexity index is 857. The SMILES string of the molecule is O=C(CCC(=O)c1ccc(Cl)cc1)Nc1ccc(-c2ccn[nH]2)cc1. The predicted molar refractivity (Wildman–Crippen MR) is 97.7 cm³/mol. The maximum absolute atomic E-state index is 12.1. The molecule has 0 aliphatic rings. The molecule has 25 heavy (non-hydrogen) atoms. The molecule has 3 aromatic rings. The highest BCUT2D eigenvalue weighted by Crippen LogP contribution is 2.19. The molecule has 0 saturated heterocycles. The summed E-state index contributed by atoms with van der Waals surface area (Å²) in [5, 5.41) is 10.2. The molecular weight excluding hydrogens is 338 g/mol. The fraction of sp³-hybridized carbons (Fsp3) is 0.105. The number of ketones is 1. The molecule has 5 nitrogen and oxygen atoms in total. The lowest BCUT2D eigenvalue weighted by atomic mass is 10.1. The Labute approximate surface area is 150 Å². The highest BCUT2D eigenvalue weighted by atomic mass is 35.5. The van der Waals surface area contributed by atoms with Crippen molar-refractivity contribution in [3.63, 3.8) is 0 Å². The molecule has 0 bridgehead atoms. The molecule has 0 aliphatic heterocycles. The van der Waals surface area contributed by atoms with Crippen molar-refractivity contribution in [2.24, 2.45) is 0 Å². The van der Waals surface area contributed by atoms with Gasteiger partial charge in [0.1, 0.15) is 0 Å². The van der Waals surface area contributed by atoms with Crippen LogP contribution in [-0.2, 0) is 4.79 Å². The van der Waals surface area contributed by atoms with E-state index in [-0.39, 0.29) is 24.5 Å². The third kappa shape index (κ3) is 4.55. The Hall–Kier alpha value is -2.92.